The number of aromatic nitrogens is 1. The summed E-state index contributed by atoms with van der Waals surface area (Å²) >= 11 is 0. The van der Waals surface area contributed by atoms with Crippen LogP contribution in [0.2, 0.25) is 0 Å². The summed E-state index contributed by atoms with van der Waals surface area (Å²) in [4.78, 5) is 33.0. The largest absolute Gasteiger partial charge is 0.494 e. The first-order valence-electron chi connectivity index (χ1n) is 12.6. The van der Waals surface area contributed by atoms with Crippen LogP contribution in [0, 0.1) is 16.0 Å². The van der Waals surface area contributed by atoms with Crippen LogP contribution in [0.5, 0.6) is 5.88 Å². The fraction of sp³-hybridized carbons (Fsp3) is 0.241. The molecule has 1 aliphatic heterocycles. The molecule has 38 heavy (non-hydrogen) atoms. The zero-order valence-electron chi connectivity index (χ0n) is 21.1. The van der Waals surface area contributed by atoms with E-state index in [1.54, 1.807) is 13.1 Å². The summed E-state index contributed by atoms with van der Waals surface area (Å²) < 4.78 is 0. The van der Waals surface area contributed by atoms with Gasteiger partial charge in [0.2, 0.25) is 5.91 Å². The predicted octanol–water partition coefficient (Wildman–Crippen LogP) is 4.91. The van der Waals surface area contributed by atoms with E-state index >= 15 is 0 Å². The number of carbonyl (C=O) groups excluding carboxylic acids is 1. The lowest BCUT2D eigenvalue weighted by Gasteiger charge is -2.31. The molecule has 1 fully saturated rings. The first kappa shape index (κ1) is 25.2. The molecule has 1 saturated heterocycles. The molecule has 3 aromatic carbocycles. The van der Waals surface area contributed by atoms with Crippen LogP contribution in [0.15, 0.2) is 77.8 Å². The fourth-order valence-electron chi connectivity index (χ4n) is 5.00. The van der Waals surface area contributed by atoms with E-state index in [1.165, 1.54) is 12.1 Å². The number of fused-ring (bicyclic) bond motifs is 1. The SMILES string of the molecule is CNC(=O)C1CCN(Cc2ccc(N=C(c3ccccc3)c3c(O)[nH]c4ccc([N+](=O)[O-])cc34)cc2)CC1. The van der Waals surface area contributed by atoms with Crippen LogP contribution in [0.1, 0.15) is 29.5 Å². The number of piperidine rings is 1. The van der Waals surface area contributed by atoms with Gasteiger partial charge in [-0.1, -0.05) is 42.5 Å². The van der Waals surface area contributed by atoms with Crippen LogP contribution in [0.3, 0.4) is 0 Å². The van der Waals surface area contributed by atoms with Gasteiger partial charge in [-0.25, -0.2) is 4.99 Å². The van der Waals surface area contributed by atoms with E-state index in [2.05, 4.69) is 15.2 Å². The highest BCUT2D eigenvalue weighted by Gasteiger charge is 2.24. The van der Waals surface area contributed by atoms with E-state index in [0.29, 0.717) is 27.9 Å². The second-order valence-corrected chi connectivity index (χ2v) is 9.49. The number of non-ortho nitro benzene ring substituents is 1. The van der Waals surface area contributed by atoms with Gasteiger partial charge in [0.15, 0.2) is 5.88 Å². The number of likely N-dealkylation sites (tertiary alicyclic amines) is 1. The second-order valence-electron chi connectivity index (χ2n) is 9.49. The smallest absolute Gasteiger partial charge is 0.270 e. The van der Waals surface area contributed by atoms with Crippen molar-refractivity contribution in [2.24, 2.45) is 10.9 Å². The fourth-order valence-corrected chi connectivity index (χ4v) is 5.00. The number of nitrogens with one attached hydrogen (secondary N) is 2. The summed E-state index contributed by atoms with van der Waals surface area (Å²) in [5.74, 6) is 0.114. The number of rotatable bonds is 7. The zero-order valence-corrected chi connectivity index (χ0v) is 21.1. The minimum absolute atomic E-state index is 0.0612. The quantitative estimate of drug-likeness (QED) is 0.185. The molecule has 194 valence electrons. The summed E-state index contributed by atoms with van der Waals surface area (Å²) in [5.41, 5.74) is 4.07. The highest BCUT2D eigenvalue weighted by Crippen LogP contribution is 2.33. The number of aromatic amines is 1. The third-order valence-corrected chi connectivity index (χ3v) is 7.05. The monoisotopic (exact) mass is 511 g/mol. The maximum absolute atomic E-state index is 11.9. The molecule has 9 nitrogen and oxygen atoms in total. The predicted molar refractivity (Wildman–Crippen MR) is 147 cm³/mol. The average molecular weight is 512 g/mol. The van der Waals surface area contributed by atoms with Gasteiger partial charge < -0.3 is 15.4 Å². The Morgan fingerprint density at radius 3 is 2.47 bits per heavy atom. The number of H-pyrrole nitrogens is 1. The van der Waals surface area contributed by atoms with Gasteiger partial charge in [-0.15, -0.1) is 0 Å². The normalized spacial score (nSPS) is 15.0. The van der Waals surface area contributed by atoms with E-state index in [4.69, 9.17) is 4.99 Å². The molecule has 1 amide bonds. The summed E-state index contributed by atoms with van der Waals surface area (Å²) in [5, 5.41) is 25.5. The molecular weight excluding hydrogens is 482 g/mol. The van der Waals surface area contributed by atoms with E-state index in [1.807, 2.05) is 54.6 Å². The summed E-state index contributed by atoms with van der Waals surface area (Å²) in [7, 11) is 1.69. The minimum atomic E-state index is -0.452. The lowest BCUT2D eigenvalue weighted by molar-refractivity contribution is -0.384. The van der Waals surface area contributed by atoms with Crippen molar-refractivity contribution in [2.45, 2.75) is 19.4 Å². The molecule has 3 N–H and O–H groups in total. The molecule has 0 atom stereocenters. The van der Waals surface area contributed by atoms with Crippen molar-refractivity contribution < 1.29 is 14.8 Å². The Balaban J connectivity index is 1.44. The standard InChI is InChI=1S/C29H29N5O4/c1-30-28(35)21-13-15-33(16-14-21)18-19-7-9-22(10-8-19)31-27(20-5-3-2-4-6-20)26-24-17-23(34(37)38)11-12-25(24)32-29(26)36/h2-12,17,21,32,36H,13-16,18H2,1H3,(H,30,35). The molecule has 0 unspecified atom stereocenters. The van der Waals surface area contributed by atoms with Crippen molar-refractivity contribution in [1.82, 2.24) is 15.2 Å². The van der Waals surface area contributed by atoms with Crippen LogP contribution < -0.4 is 5.32 Å². The van der Waals surface area contributed by atoms with Crippen LogP contribution in [-0.4, -0.2) is 51.7 Å². The van der Waals surface area contributed by atoms with Gasteiger partial charge in [0.25, 0.3) is 5.69 Å². The third kappa shape index (κ3) is 5.28. The van der Waals surface area contributed by atoms with Gasteiger partial charge in [0.05, 0.1) is 21.9 Å². The van der Waals surface area contributed by atoms with Gasteiger partial charge in [0.1, 0.15) is 0 Å². The topological polar surface area (TPSA) is 124 Å². The zero-order chi connectivity index (χ0) is 26.6. The van der Waals surface area contributed by atoms with Crippen LogP contribution in [0.4, 0.5) is 11.4 Å². The number of aliphatic imine (C=N–C) groups is 1. The Labute approximate surface area is 220 Å². The first-order chi connectivity index (χ1) is 18.4. The van der Waals surface area contributed by atoms with Crippen molar-refractivity contribution >= 4 is 33.9 Å². The first-order valence-corrected chi connectivity index (χ1v) is 12.6. The molecule has 2 heterocycles. The van der Waals surface area contributed by atoms with Crippen molar-refractivity contribution in [3.8, 4) is 5.88 Å². The van der Waals surface area contributed by atoms with Crippen LogP contribution >= 0.6 is 0 Å². The minimum Gasteiger partial charge on any atom is -0.494 e. The van der Waals surface area contributed by atoms with Gasteiger partial charge in [0, 0.05) is 48.1 Å². The Hall–Kier alpha value is -4.50. The van der Waals surface area contributed by atoms with Gasteiger partial charge in [-0.2, -0.15) is 0 Å². The number of hydrogen-bond acceptors (Lipinski definition) is 6. The maximum Gasteiger partial charge on any atom is 0.270 e. The average Bonchev–Trinajstić information content (AvgIpc) is 3.27. The third-order valence-electron chi connectivity index (χ3n) is 7.05. The molecular formula is C29H29N5O4. The molecule has 5 rings (SSSR count). The molecule has 0 bridgehead atoms. The van der Waals surface area contributed by atoms with Crippen molar-refractivity contribution in [3.63, 3.8) is 0 Å². The number of aromatic hydroxyl groups is 1. The molecule has 0 saturated carbocycles. The summed E-state index contributed by atoms with van der Waals surface area (Å²) in [6, 6.07) is 21.8. The molecule has 9 heteroatoms. The van der Waals surface area contributed by atoms with Gasteiger partial charge in [-0.05, 0) is 49.7 Å². The van der Waals surface area contributed by atoms with Gasteiger partial charge >= 0.3 is 0 Å². The number of nitro groups is 1. The second kappa shape index (κ2) is 10.9. The van der Waals surface area contributed by atoms with E-state index in [-0.39, 0.29) is 23.4 Å². The van der Waals surface area contributed by atoms with Crippen LogP contribution in [-0.2, 0) is 11.3 Å². The number of benzene rings is 3. The summed E-state index contributed by atoms with van der Waals surface area (Å²) in [6.45, 7) is 2.55. The van der Waals surface area contributed by atoms with Crippen molar-refractivity contribution in [2.75, 3.05) is 20.1 Å². The van der Waals surface area contributed by atoms with Gasteiger partial charge in [-0.3, -0.25) is 19.8 Å². The highest BCUT2D eigenvalue weighted by atomic mass is 16.6. The number of nitrogens with zero attached hydrogens (tertiary/aromatic N) is 3. The lowest BCUT2D eigenvalue weighted by Crippen LogP contribution is -2.39. The number of amides is 1. The van der Waals surface area contributed by atoms with E-state index in [9.17, 15) is 20.0 Å². The number of carbonyl (C=O) groups is 1. The molecule has 1 aliphatic rings. The number of hydrogen-bond donors (Lipinski definition) is 3. The van der Waals surface area contributed by atoms with Crippen LogP contribution in [0.25, 0.3) is 10.9 Å². The molecule has 0 spiro atoms. The van der Waals surface area contributed by atoms with Crippen molar-refractivity contribution in [1.29, 1.82) is 0 Å². The highest BCUT2D eigenvalue weighted by molar-refractivity contribution is 6.22. The van der Waals surface area contributed by atoms with E-state index < -0.39 is 4.92 Å². The lowest BCUT2D eigenvalue weighted by atomic mass is 9.95. The Morgan fingerprint density at radius 1 is 1.11 bits per heavy atom. The Bertz CT molecular complexity index is 1490. The molecule has 0 aliphatic carbocycles. The Morgan fingerprint density at radius 2 is 1.82 bits per heavy atom. The Kier molecular flexibility index (Phi) is 7.19. The maximum atomic E-state index is 11.9. The number of nitro benzene ring substituents is 1. The van der Waals surface area contributed by atoms with E-state index in [0.717, 1.165) is 43.6 Å². The van der Waals surface area contributed by atoms with Crippen molar-refractivity contribution in [3.05, 3.63) is 99.6 Å². The molecule has 4 aromatic rings. The molecule has 0 radical (unpaired) electrons. The summed E-state index contributed by atoms with van der Waals surface area (Å²) in [6.07, 6.45) is 1.71. The molecule has 1 aromatic heterocycles.